The Bertz CT molecular complexity index is 491. The number of nitrogens with one attached hydrogen (secondary N) is 1. The summed E-state index contributed by atoms with van der Waals surface area (Å²) in [4.78, 5) is 4.36. The summed E-state index contributed by atoms with van der Waals surface area (Å²) in [7, 11) is 1.99. The van der Waals surface area contributed by atoms with Crippen molar-refractivity contribution in [2.75, 3.05) is 7.05 Å². The van der Waals surface area contributed by atoms with Gasteiger partial charge < -0.3 is 5.32 Å². The van der Waals surface area contributed by atoms with Crippen LogP contribution in [0, 0.1) is 6.92 Å². The highest BCUT2D eigenvalue weighted by Gasteiger charge is 2.10. The Hall–Kier alpha value is -1.19. The predicted octanol–water partition coefficient (Wildman–Crippen LogP) is 3.66. The summed E-state index contributed by atoms with van der Waals surface area (Å²) in [6, 6.07) is 13.0. The molecule has 1 unspecified atom stereocenters. The van der Waals surface area contributed by atoms with E-state index in [1.54, 1.807) is 0 Å². The van der Waals surface area contributed by atoms with Crippen LogP contribution in [-0.4, -0.2) is 12.0 Å². The van der Waals surface area contributed by atoms with Crippen LogP contribution in [0.25, 0.3) is 0 Å². The van der Waals surface area contributed by atoms with Gasteiger partial charge in [-0.15, -0.1) is 0 Å². The highest BCUT2D eigenvalue weighted by Crippen LogP contribution is 2.19. The Balaban J connectivity index is 2.14. The maximum Gasteiger partial charge on any atom is 0.0373 e. The first kappa shape index (κ1) is 13.2. The average molecular weight is 305 g/mol. The minimum atomic E-state index is 0.305. The number of aryl methyl sites for hydroxylation is 1. The summed E-state index contributed by atoms with van der Waals surface area (Å²) >= 11 is 3.46. The number of hydrogen-bond acceptors (Lipinski definition) is 2. The normalized spacial score (nSPS) is 12.4. The molecule has 0 fully saturated rings. The molecule has 2 aromatic rings. The molecular formula is C15H17BrN2. The van der Waals surface area contributed by atoms with Gasteiger partial charge in [0.1, 0.15) is 0 Å². The topological polar surface area (TPSA) is 24.9 Å². The van der Waals surface area contributed by atoms with E-state index in [1.807, 2.05) is 20.2 Å². The molecule has 0 saturated heterocycles. The highest BCUT2D eigenvalue weighted by molar-refractivity contribution is 9.10. The third-order valence-electron chi connectivity index (χ3n) is 3.04. The largest absolute Gasteiger partial charge is 0.313 e. The molecule has 0 bridgehead atoms. The van der Waals surface area contributed by atoms with Gasteiger partial charge in [0.25, 0.3) is 0 Å². The molecule has 0 amide bonds. The van der Waals surface area contributed by atoms with Gasteiger partial charge in [0.15, 0.2) is 0 Å². The van der Waals surface area contributed by atoms with Crippen molar-refractivity contribution in [1.82, 2.24) is 10.3 Å². The molecule has 18 heavy (non-hydrogen) atoms. The third kappa shape index (κ3) is 3.40. The van der Waals surface area contributed by atoms with Gasteiger partial charge in [-0.3, -0.25) is 4.98 Å². The van der Waals surface area contributed by atoms with Gasteiger partial charge in [0.2, 0.25) is 0 Å². The Morgan fingerprint density at radius 1 is 1.17 bits per heavy atom. The molecule has 3 heteroatoms. The lowest BCUT2D eigenvalue weighted by molar-refractivity contribution is 0.589. The molecule has 0 aliphatic carbocycles. The van der Waals surface area contributed by atoms with Gasteiger partial charge in [-0.2, -0.15) is 0 Å². The summed E-state index contributed by atoms with van der Waals surface area (Å²) < 4.78 is 1.12. The summed E-state index contributed by atoms with van der Waals surface area (Å²) in [6.45, 7) is 2.01. The maximum atomic E-state index is 4.36. The summed E-state index contributed by atoms with van der Waals surface area (Å²) in [5.41, 5.74) is 3.60. The molecule has 1 heterocycles. The number of nitrogens with zero attached hydrogens (tertiary/aromatic N) is 1. The molecule has 1 atom stereocenters. The molecule has 94 valence electrons. The number of hydrogen-bond donors (Lipinski definition) is 1. The first-order chi connectivity index (χ1) is 8.69. The second-order valence-corrected chi connectivity index (χ2v) is 5.32. The second-order valence-electron chi connectivity index (χ2n) is 4.40. The fourth-order valence-electron chi connectivity index (χ4n) is 1.93. The van der Waals surface area contributed by atoms with Gasteiger partial charge >= 0.3 is 0 Å². The minimum absolute atomic E-state index is 0.305. The van der Waals surface area contributed by atoms with Crippen molar-refractivity contribution in [2.45, 2.75) is 19.4 Å². The SMILES string of the molecule is CNC(Cc1ccc(Br)cc1)c1ccc(C)nc1. The van der Waals surface area contributed by atoms with E-state index in [4.69, 9.17) is 0 Å². The molecule has 2 rings (SSSR count). The van der Waals surface area contributed by atoms with Crippen molar-refractivity contribution < 1.29 is 0 Å². The fraction of sp³-hybridized carbons (Fsp3) is 0.267. The van der Waals surface area contributed by atoms with Crippen molar-refractivity contribution in [3.8, 4) is 0 Å². The minimum Gasteiger partial charge on any atom is -0.313 e. The van der Waals surface area contributed by atoms with Crippen LogP contribution in [0.4, 0.5) is 0 Å². The van der Waals surface area contributed by atoms with E-state index in [0.29, 0.717) is 6.04 Å². The molecular weight excluding hydrogens is 288 g/mol. The van der Waals surface area contributed by atoms with E-state index in [0.717, 1.165) is 16.6 Å². The molecule has 1 aromatic carbocycles. The first-order valence-electron chi connectivity index (χ1n) is 6.03. The van der Waals surface area contributed by atoms with E-state index in [9.17, 15) is 0 Å². The van der Waals surface area contributed by atoms with Crippen LogP contribution >= 0.6 is 15.9 Å². The van der Waals surface area contributed by atoms with Crippen molar-refractivity contribution in [3.05, 3.63) is 63.9 Å². The third-order valence-corrected chi connectivity index (χ3v) is 3.57. The van der Waals surface area contributed by atoms with Crippen molar-refractivity contribution in [2.24, 2.45) is 0 Å². The van der Waals surface area contributed by atoms with Gasteiger partial charge in [0, 0.05) is 22.4 Å². The van der Waals surface area contributed by atoms with E-state index < -0.39 is 0 Å². The lowest BCUT2D eigenvalue weighted by Crippen LogP contribution is -2.19. The summed E-state index contributed by atoms with van der Waals surface area (Å²) in [5.74, 6) is 0. The quantitative estimate of drug-likeness (QED) is 0.932. The zero-order valence-corrected chi connectivity index (χ0v) is 12.2. The van der Waals surface area contributed by atoms with Crippen LogP contribution in [0.15, 0.2) is 47.1 Å². The van der Waals surface area contributed by atoms with Crippen LogP contribution < -0.4 is 5.32 Å². The Kier molecular flexibility index (Phi) is 4.50. The van der Waals surface area contributed by atoms with Crippen LogP contribution in [0.3, 0.4) is 0 Å². The number of pyridine rings is 1. The molecule has 0 saturated carbocycles. The highest BCUT2D eigenvalue weighted by atomic mass is 79.9. The fourth-order valence-corrected chi connectivity index (χ4v) is 2.19. The van der Waals surface area contributed by atoms with E-state index in [1.165, 1.54) is 11.1 Å². The van der Waals surface area contributed by atoms with E-state index in [2.05, 4.69) is 62.6 Å². The molecule has 0 radical (unpaired) electrons. The number of benzene rings is 1. The number of halogens is 1. The molecule has 0 spiro atoms. The predicted molar refractivity (Wildman–Crippen MR) is 78.6 cm³/mol. The average Bonchev–Trinajstić information content (AvgIpc) is 2.39. The number of rotatable bonds is 4. The molecule has 2 nitrogen and oxygen atoms in total. The molecule has 1 aromatic heterocycles. The van der Waals surface area contributed by atoms with Crippen molar-refractivity contribution in [1.29, 1.82) is 0 Å². The van der Waals surface area contributed by atoms with E-state index >= 15 is 0 Å². The zero-order valence-electron chi connectivity index (χ0n) is 10.7. The van der Waals surface area contributed by atoms with Gasteiger partial charge in [-0.05, 0) is 49.7 Å². The lowest BCUT2D eigenvalue weighted by atomic mass is 10.0. The van der Waals surface area contributed by atoms with Gasteiger partial charge in [0.05, 0.1) is 0 Å². The maximum absolute atomic E-state index is 4.36. The zero-order chi connectivity index (χ0) is 13.0. The van der Waals surface area contributed by atoms with Crippen LogP contribution in [0.2, 0.25) is 0 Å². The lowest BCUT2D eigenvalue weighted by Gasteiger charge is -2.16. The van der Waals surface area contributed by atoms with Crippen LogP contribution in [-0.2, 0) is 6.42 Å². The van der Waals surface area contributed by atoms with Gasteiger partial charge in [-0.25, -0.2) is 0 Å². The molecule has 0 aliphatic rings. The molecule has 1 N–H and O–H groups in total. The standard InChI is InChI=1S/C15H17BrN2/c1-11-3-6-13(10-18-11)15(17-2)9-12-4-7-14(16)8-5-12/h3-8,10,15,17H,9H2,1-2H3. The van der Waals surface area contributed by atoms with Crippen molar-refractivity contribution in [3.63, 3.8) is 0 Å². The summed E-state index contributed by atoms with van der Waals surface area (Å²) in [5, 5.41) is 3.35. The Labute approximate surface area is 117 Å². The number of aromatic nitrogens is 1. The monoisotopic (exact) mass is 304 g/mol. The molecule has 0 aliphatic heterocycles. The van der Waals surface area contributed by atoms with Crippen molar-refractivity contribution >= 4 is 15.9 Å². The first-order valence-corrected chi connectivity index (χ1v) is 6.82. The Morgan fingerprint density at radius 3 is 2.44 bits per heavy atom. The van der Waals surface area contributed by atoms with E-state index in [-0.39, 0.29) is 0 Å². The number of likely N-dealkylation sites (N-methyl/N-ethyl adjacent to an activating group) is 1. The van der Waals surface area contributed by atoms with Gasteiger partial charge in [-0.1, -0.05) is 34.1 Å². The second kappa shape index (κ2) is 6.12. The van der Waals surface area contributed by atoms with Crippen LogP contribution in [0.1, 0.15) is 22.9 Å². The Morgan fingerprint density at radius 2 is 1.89 bits per heavy atom. The summed E-state index contributed by atoms with van der Waals surface area (Å²) in [6.07, 6.45) is 2.92. The smallest absolute Gasteiger partial charge is 0.0373 e. The van der Waals surface area contributed by atoms with Crippen LogP contribution in [0.5, 0.6) is 0 Å².